The number of fused-ring (bicyclic) bond motifs is 2. The Hall–Kier alpha value is -2.94. The lowest BCUT2D eigenvalue weighted by Crippen LogP contribution is -2.73. The number of urea groups is 1. The number of halogens is 1. The van der Waals surface area contributed by atoms with Crippen molar-refractivity contribution in [2.24, 2.45) is 5.92 Å². The second kappa shape index (κ2) is 7.09. The molecule has 1 saturated carbocycles. The van der Waals surface area contributed by atoms with Gasteiger partial charge < -0.3 is 14.6 Å². The molecule has 2 aliphatic rings. The number of aryl methyl sites for hydroxylation is 1. The van der Waals surface area contributed by atoms with Crippen LogP contribution in [0.1, 0.15) is 38.0 Å². The molecule has 1 N–H and O–H groups in total. The number of carbonyl (C=O) groups is 1. The molecule has 0 spiro atoms. The average Bonchev–Trinajstić information content (AvgIpc) is 3.34. The third kappa shape index (κ3) is 3.23. The number of nitrogens with one attached hydrogen (secondary N) is 1. The normalized spacial score (nSPS) is 25.1. The van der Waals surface area contributed by atoms with Gasteiger partial charge in [-0.25, -0.2) is 4.79 Å². The lowest BCUT2D eigenvalue weighted by Gasteiger charge is -2.63. The quantitative estimate of drug-likeness (QED) is 0.682. The number of amides is 2. The number of nitrogens with zero attached hydrogens (tertiary/aromatic N) is 6. The van der Waals surface area contributed by atoms with Gasteiger partial charge in [0, 0.05) is 25.1 Å². The molecule has 0 radical (unpaired) electrons. The highest BCUT2D eigenvalue weighted by Crippen LogP contribution is 2.51. The maximum Gasteiger partial charge on any atom is 0.322 e. The molecular weight excluding hydrogens is 406 g/mol. The van der Waals surface area contributed by atoms with E-state index in [1.165, 1.54) is 4.80 Å². The first-order chi connectivity index (χ1) is 14.4. The van der Waals surface area contributed by atoms with Gasteiger partial charge in [-0.3, -0.25) is 0 Å². The van der Waals surface area contributed by atoms with Crippen molar-refractivity contribution in [3.8, 4) is 5.69 Å². The molecule has 2 fully saturated rings. The summed E-state index contributed by atoms with van der Waals surface area (Å²) < 4.78 is 5.62. The zero-order valence-corrected chi connectivity index (χ0v) is 17.5. The molecule has 10 heteroatoms. The Labute approximate surface area is 178 Å². The van der Waals surface area contributed by atoms with Crippen molar-refractivity contribution < 1.29 is 9.21 Å². The summed E-state index contributed by atoms with van der Waals surface area (Å²) in [6.45, 7) is 4.01. The van der Waals surface area contributed by atoms with Crippen molar-refractivity contribution in [2.45, 2.75) is 51.1 Å². The Bertz CT molecular complexity index is 1080. The van der Waals surface area contributed by atoms with Crippen LogP contribution in [0.15, 0.2) is 35.0 Å². The first-order valence-corrected chi connectivity index (χ1v) is 10.4. The van der Waals surface area contributed by atoms with Crippen LogP contribution in [0.4, 0.5) is 10.5 Å². The first-order valence-electron chi connectivity index (χ1n) is 9.99. The molecule has 3 aromatic rings. The second-order valence-electron chi connectivity index (χ2n) is 8.30. The Morgan fingerprint density at radius 1 is 1.30 bits per heavy atom. The highest BCUT2D eigenvalue weighted by Gasteiger charge is 2.58. The number of aromatic nitrogens is 5. The van der Waals surface area contributed by atoms with Gasteiger partial charge in [-0.1, -0.05) is 18.5 Å². The topological polar surface area (TPSA) is 102 Å². The minimum Gasteiger partial charge on any atom is -0.426 e. The van der Waals surface area contributed by atoms with Crippen LogP contribution < -0.4 is 5.32 Å². The molecule has 1 saturated heterocycles. The number of piperidine rings is 1. The smallest absolute Gasteiger partial charge is 0.322 e. The molecule has 0 unspecified atom stereocenters. The Balaban J connectivity index is 1.38. The van der Waals surface area contributed by atoms with Gasteiger partial charge in [0.25, 0.3) is 0 Å². The van der Waals surface area contributed by atoms with Crippen LogP contribution in [0.25, 0.3) is 5.69 Å². The van der Waals surface area contributed by atoms with E-state index in [4.69, 9.17) is 16.0 Å². The molecule has 2 bridgehead atoms. The third-order valence-corrected chi connectivity index (χ3v) is 6.31. The highest BCUT2D eigenvalue weighted by atomic mass is 35.5. The van der Waals surface area contributed by atoms with E-state index in [1.54, 1.807) is 37.5 Å². The first kappa shape index (κ1) is 19.0. The summed E-state index contributed by atoms with van der Waals surface area (Å²) in [6.07, 6.45) is 6.60. The molecule has 30 heavy (non-hydrogen) atoms. The van der Waals surface area contributed by atoms with Gasteiger partial charge in [-0.05, 0) is 43.4 Å². The molecule has 1 aliphatic heterocycles. The van der Waals surface area contributed by atoms with Gasteiger partial charge in [0.2, 0.25) is 11.8 Å². The second-order valence-corrected chi connectivity index (χ2v) is 8.71. The molecule has 1 aromatic carbocycles. The monoisotopic (exact) mass is 427 g/mol. The van der Waals surface area contributed by atoms with E-state index < -0.39 is 0 Å². The van der Waals surface area contributed by atoms with Gasteiger partial charge >= 0.3 is 6.03 Å². The average molecular weight is 428 g/mol. The zero-order chi connectivity index (χ0) is 20.9. The molecule has 9 nitrogen and oxygen atoms in total. The lowest BCUT2D eigenvalue weighted by molar-refractivity contribution is -0.0918. The van der Waals surface area contributed by atoms with Crippen LogP contribution in [-0.2, 0) is 6.42 Å². The van der Waals surface area contributed by atoms with Gasteiger partial charge in [0.15, 0.2) is 0 Å². The number of benzene rings is 1. The summed E-state index contributed by atoms with van der Waals surface area (Å²) in [5, 5.41) is 19.9. The van der Waals surface area contributed by atoms with Gasteiger partial charge in [0.1, 0.15) is 5.69 Å². The van der Waals surface area contributed by atoms with E-state index in [0.29, 0.717) is 40.5 Å². The minimum atomic E-state index is -0.288. The molecular formula is C20H22ClN7O2. The van der Waals surface area contributed by atoms with E-state index in [9.17, 15) is 4.79 Å². The summed E-state index contributed by atoms with van der Waals surface area (Å²) in [5.74, 6) is 1.67. The van der Waals surface area contributed by atoms with Gasteiger partial charge in [-0.15, -0.1) is 10.2 Å². The van der Waals surface area contributed by atoms with E-state index in [0.717, 1.165) is 19.3 Å². The Morgan fingerprint density at radius 3 is 2.83 bits per heavy atom. The SMILES string of the molecule is Cc1nnc(C[C@@]23C[C@H](C)C[C@@H](C2)N3C(=O)Nc2ccc(Cl)c(-n3nccn3)c2)o1. The highest BCUT2D eigenvalue weighted by molar-refractivity contribution is 6.32. The van der Waals surface area contributed by atoms with Crippen LogP contribution in [-0.4, -0.2) is 47.7 Å². The summed E-state index contributed by atoms with van der Waals surface area (Å²) in [4.78, 5) is 16.7. The number of rotatable bonds is 4. The van der Waals surface area contributed by atoms with Crippen LogP contribution in [0.2, 0.25) is 5.02 Å². The fraction of sp³-hybridized carbons (Fsp3) is 0.450. The van der Waals surface area contributed by atoms with E-state index in [2.05, 4.69) is 32.6 Å². The summed E-state index contributed by atoms with van der Waals surface area (Å²) >= 11 is 6.29. The molecule has 3 atom stereocenters. The number of hydrogen-bond acceptors (Lipinski definition) is 6. The van der Waals surface area contributed by atoms with Gasteiger partial charge in [0.05, 0.1) is 23.0 Å². The predicted molar refractivity (Wildman–Crippen MR) is 109 cm³/mol. The molecule has 2 amide bonds. The largest absolute Gasteiger partial charge is 0.426 e. The van der Waals surface area contributed by atoms with Crippen molar-refractivity contribution in [3.05, 3.63) is 47.4 Å². The Morgan fingerprint density at radius 2 is 2.10 bits per heavy atom. The van der Waals surface area contributed by atoms with E-state index in [1.807, 2.05) is 4.90 Å². The summed E-state index contributed by atoms with van der Waals surface area (Å²) in [7, 11) is 0. The molecule has 3 heterocycles. The molecule has 1 aliphatic carbocycles. The van der Waals surface area contributed by atoms with Crippen molar-refractivity contribution >= 4 is 23.3 Å². The Kier molecular flexibility index (Phi) is 4.50. The minimum absolute atomic E-state index is 0.129. The molecule has 5 rings (SSSR count). The fourth-order valence-corrected chi connectivity index (χ4v) is 5.23. The predicted octanol–water partition coefficient (Wildman–Crippen LogP) is 3.63. The summed E-state index contributed by atoms with van der Waals surface area (Å²) in [5.41, 5.74) is 0.955. The lowest BCUT2D eigenvalue weighted by atomic mass is 9.63. The maximum atomic E-state index is 13.3. The summed E-state index contributed by atoms with van der Waals surface area (Å²) in [6, 6.07) is 5.37. The molecule has 2 aromatic heterocycles. The number of anilines is 1. The van der Waals surface area contributed by atoms with Gasteiger partial charge in [-0.2, -0.15) is 15.0 Å². The van der Waals surface area contributed by atoms with Crippen LogP contribution in [0.5, 0.6) is 0 Å². The van der Waals surface area contributed by atoms with Crippen LogP contribution in [0, 0.1) is 12.8 Å². The molecule has 156 valence electrons. The van der Waals surface area contributed by atoms with Crippen LogP contribution in [0.3, 0.4) is 0 Å². The van der Waals surface area contributed by atoms with Crippen molar-refractivity contribution in [2.75, 3.05) is 5.32 Å². The van der Waals surface area contributed by atoms with Crippen LogP contribution >= 0.6 is 11.6 Å². The fourth-order valence-electron chi connectivity index (χ4n) is 5.04. The third-order valence-electron chi connectivity index (χ3n) is 5.99. The number of likely N-dealkylation sites (tertiary alicyclic amines) is 1. The van der Waals surface area contributed by atoms with Crippen molar-refractivity contribution in [1.82, 2.24) is 30.1 Å². The number of hydrogen-bond donors (Lipinski definition) is 1. The van der Waals surface area contributed by atoms with Crippen molar-refractivity contribution in [3.63, 3.8) is 0 Å². The van der Waals surface area contributed by atoms with E-state index in [-0.39, 0.29) is 17.6 Å². The van der Waals surface area contributed by atoms with Crippen molar-refractivity contribution in [1.29, 1.82) is 0 Å². The zero-order valence-electron chi connectivity index (χ0n) is 16.7. The van der Waals surface area contributed by atoms with E-state index >= 15 is 0 Å². The number of carbonyl (C=O) groups excluding carboxylic acids is 1. The maximum absolute atomic E-state index is 13.3. The standard InChI is InChI=1S/C20H22ClN7O2/c1-12-7-15-10-20(9-12,11-18-26-25-13(2)30-18)27(15)19(29)24-14-3-4-16(21)17(8-14)28-22-5-6-23-28/h3-6,8,12,15H,7,9-11H2,1-2H3,(H,24,29)/t12-,15+,20-/m1/s1.